The third kappa shape index (κ3) is 4.22. The van der Waals surface area contributed by atoms with Crippen LogP contribution in [-0.4, -0.2) is 36.3 Å². The van der Waals surface area contributed by atoms with Gasteiger partial charge in [0.15, 0.2) is 0 Å². The third-order valence-corrected chi connectivity index (χ3v) is 3.84. The molecule has 0 aliphatic carbocycles. The van der Waals surface area contributed by atoms with E-state index in [-0.39, 0.29) is 6.04 Å². The molecule has 1 rings (SSSR count). The molecule has 2 unspecified atom stereocenters. The van der Waals surface area contributed by atoms with Crippen molar-refractivity contribution in [2.45, 2.75) is 46.2 Å². The Hall–Kier alpha value is -1.06. The fourth-order valence-electron chi connectivity index (χ4n) is 2.41. The molecule has 0 aliphatic heterocycles. The first kappa shape index (κ1) is 16.0. The Kier molecular flexibility index (Phi) is 6.32. The number of hydrogen-bond donors (Lipinski definition) is 1. The quantitative estimate of drug-likeness (QED) is 0.819. The van der Waals surface area contributed by atoms with Crippen LogP contribution >= 0.6 is 0 Å². The predicted octanol–water partition coefficient (Wildman–Crippen LogP) is 3.51. The fraction of sp³-hybridized carbons (Fsp3) is 0.625. The van der Waals surface area contributed by atoms with Gasteiger partial charge in [-0.25, -0.2) is 0 Å². The molecule has 0 bridgehead atoms. The van der Waals surface area contributed by atoms with E-state index in [1.165, 1.54) is 5.56 Å². The number of benzene rings is 1. The van der Waals surface area contributed by atoms with Gasteiger partial charge in [0.25, 0.3) is 0 Å². The standard InChI is InChI=1S/C16H27NO2/c1-6-13(3)17(9-10-19-5)14(4)15-11-12(2)7-8-16(15)18/h7-8,11,13-14,18H,6,9-10H2,1-5H3. The Balaban J connectivity index is 2.96. The molecular weight excluding hydrogens is 238 g/mol. The number of rotatable bonds is 7. The highest BCUT2D eigenvalue weighted by Gasteiger charge is 2.22. The van der Waals surface area contributed by atoms with Gasteiger partial charge < -0.3 is 9.84 Å². The van der Waals surface area contributed by atoms with Crippen LogP contribution in [0.4, 0.5) is 0 Å². The second-order valence-corrected chi connectivity index (χ2v) is 5.23. The zero-order valence-corrected chi connectivity index (χ0v) is 12.8. The summed E-state index contributed by atoms with van der Waals surface area (Å²) in [5.41, 5.74) is 2.17. The normalized spacial score (nSPS) is 14.6. The largest absolute Gasteiger partial charge is 0.508 e. The summed E-state index contributed by atoms with van der Waals surface area (Å²) < 4.78 is 5.20. The van der Waals surface area contributed by atoms with Crippen molar-refractivity contribution in [2.75, 3.05) is 20.3 Å². The Morgan fingerprint density at radius 3 is 2.58 bits per heavy atom. The second kappa shape index (κ2) is 7.51. The molecule has 2 atom stereocenters. The molecule has 0 amide bonds. The molecule has 3 nitrogen and oxygen atoms in total. The first-order valence-corrected chi connectivity index (χ1v) is 7.05. The van der Waals surface area contributed by atoms with Crippen LogP contribution in [0, 0.1) is 6.92 Å². The molecule has 0 saturated heterocycles. The van der Waals surface area contributed by atoms with Crippen molar-refractivity contribution in [3.8, 4) is 5.75 Å². The van der Waals surface area contributed by atoms with E-state index in [2.05, 4.69) is 38.7 Å². The summed E-state index contributed by atoms with van der Waals surface area (Å²) in [5.74, 6) is 0.379. The van der Waals surface area contributed by atoms with Crippen LogP contribution in [0.3, 0.4) is 0 Å². The van der Waals surface area contributed by atoms with Gasteiger partial charge in [-0.3, -0.25) is 4.90 Å². The van der Waals surface area contributed by atoms with E-state index < -0.39 is 0 Å². The van der Waals surface area contributed by atoms with Gasteiger partial charge in [0.2, 0.25) is 0 Å². The van der Waals surface area contributed by atoms with Crippen LogP contribution < -0.4 is 0 Å². The Bertz CT molecular complexity index is 392. The molecule has 0 heterocycles. The highest BCUT2D eigenvalue weighted by Crippen LogP contribution is 2.30. The van der Waals surface area contributed by atoms with Gasteiger partial charge in [-0.1, -0.05) is 24.6 Å². The summed E-state index contributed by atoms with van der Waals surface area (Å²) in [6.45, 7) is 10.2. The molecule has 1 N–H and O–H groups in total. The van der Waals surface area contributed by atoms with Crippen molar-refractivity contribution in [1.29, 1.82) is 0 Å². The summed E-state index contributed by atoms with van der Waals surface area (Å²) in [6, 6.07) is 6.44. The molecule has 0 aromatic heterocycles. The average Bonchev–Trinajstić information content (AvgIpc) is 2.41. The van der Waals surface area contributed by atoms with Crippen LogP contribution in [0.1, 0.15) is 44.4 Å². The van der Waals surface area contributed by atoms with Crippen LogP contribution in [0.2, 0.25) is 0 Å². The first-order chi connectivity index (χ1) is 9.01. The molecule has 1 aromatic rings. The van der Waals surface area contributed by atoms with Crippen molar-refractivity contribution in [1.82, 2.24) is 4.90 Å². The minimum Gasteiger partial charge on any atom is -0.508 e. The number of methoxy groups -OCH3 is 1. The second-order valence-electron chi connectivity index (χ2n) is 5.23. The SMILES string of the molecule is CCC(C)N(CCOC)C(C)c1cc(C)ccc1O. The van der Waals surface area contributed by atoms with Crippen molar-refractivity contribution in [3.05, 3.63) is 29.3 Å². The van der Waals surface area contributed by atoms with Crippen LogP contribution in [-0.2, 0) is 4.74 Å². The van der Waals surface area contributed by atoms with E-state index in [0.29, 0.717) is 18.4 Å². The molecule has 0 fully saturated rings. The molecule has 108 valence electrons. The van der Waals surface area contributed by atoms with Gasteiger partial charge in [0.05, 0.1) is 6.61 Å². The lowest BCUT2D eigenvalue weighted by Gasteiger charge is -2.34. The zero-order chi connectivity index (χ0) is 14.4. The van der Waals surface area contributed by atoms with Crippen LogP contribution in [0.5, 0.6) is 5.75 Å². The predicted molar refractivity (Wildman–Crippen MR) is 79.6 cm³/mol. The van der Waals surface area contributed by atoms with Gasteiger partial charge >= 0.3 is 0 Å². The Morgan fingerprint density at radius 2 is 2.00 bits per heavy atom. The highest BCUT2D eigenvalue weighted by molar-refractivity contribution is 5.37. The Morgan fingerprint density at radius 1 is 1.32 bits per heavy atom. The van der Waals surface area contributed by atoms with E-state index in [1.54, 1.807) is 13.2 Å². The van der Waals surface area contributed by atoms with E-state index in [9.17, 15) is 5.11 Å². The maximum absolute atomic E-state index is 10.1. The van der Waals surface area contributed by atoms with Crippen LogP contribution in [0.25, 0.3) is 0 Å². The molecule has 0 spiro atoms. The fourth-order valence-corrected chi connectivity index (χ4v) is 2.41. The molecular formula is C16H27NO2. The zero-order valence-electron chi connectivity index (χ0n) is 12.8. The molecule has 1 aromatic carbocycles. The number of aromatic hydroxyl groups is 1. The molecule has 0 saturated carbocycles. The van der Waals surface area contributed by atoms with Gasteiger partial charge in [0, 0.05) is 31.3 Å². The third-order valence-electron chi connectivity index (χ3n) is 3.84. The summed E-state index contributed by atoms with van der Waals surface area (Å²) in [4.78, 5) is 2.39. The number of aryl methyl sites for hydroxylation is 1. The summed E-state index contributed by atoms with van der Waals surface area (Å²) in [5, 5.41) is 10.1. The van der Waals surface area contributed by atoms with E-state index in [1.807, 2.05) is 6.07 Å². The van der Waals surface area contributed by atoms with Gasteiger partial charge in [0.1, 0.15) is 5.75 Å². The number of nitrogens with zero attached hydrogens (tertiary/aromatic N) is 1. The van der Waals surface area contributed by atoms with Gasteiger partial charge in [-0.15, -0.1) is 0 Å². The minimum atomic E-state index is 0.185. The monoisotopic (exact) mass is 265 g/mol. The molecule has 19 heavy (non-hydrogen) atoms. The summed E-state index contributed by atoms with van der Waals surface area (Å²) in [7, 11) is 1.73. The molecule has 3 heteroatoms. The van der Waals surface area contributed by atoms with Crippen LogP contribution in [0.15, 0.2) is 18.2 Å². The van der Waals surface area contributed by atoms with Crippen molar-refractivity contribution < 1.29 is 9.84 Å². The number of phenolic OH excluding ortho intramolecular Hbond substituents is 1. The summed E-state index contributed by atoms with van der Waals surface area (Å²) >= 11 is 0. The number of phenols is 1. The van der Waals surface area contributed by atoms with E-state index in [4.69, 9.17) is 4.74 Å². The lowest BCUT2D eigenvalue weighted by atomic mass is 10.0. The smallest absolute Gasteiger partial charge is 0.120 e. The van der Waals surface area contributed by atoms with E-state index >= 15 is 0 Å². The highest BCUT2D eigenvalue weighted by atomic mass is 16.5. The van der Waals surface area contributed by atoms with Crippen molar-refractivity contribution in [2.24, 2.45) is 0 Å². The molecule has 0 radical (unpaired) electrons. The van der Waals surface area contributed by atoms with Crippen molar-refractivity contribution >= 4 is 0 Å². The lowest BCUT2D eigenvalue weighted by Crippen LogP contribution is -2.37. The van der Waals surface area contributed by atoms with E-state index in [0.717, 1.165) is 18.5 Å². The maximum Gasteiger partial charge on any atom is 0.120 e. The summed E-state index contributed by atoms with van der Waals surface area (Å²) in [6.07, 6.45) is 1.08. The van der Waals surface area contributed by atoms with Gasteiger partial charge in [-0.2, -0.15) is 0 Å². The van der Waals surface area contributed by atoms with Gasteiger partial charge in [-0.05, 0) is 33.3 Å². The first-order valence-electron chi connectivity index (χ1n) is 7.05. The molecule has 0 aliphatic rings. The number of ether oxygens (including phenoxy) is 1. The van der Waals surface area contributed by atoms with Crippen molar-refractivity contribution in [3.63, 3.8) is 0 Å². The average molecular weight is 265 g/mol. The minimum absolute atomic E-state index is 0.185. The number of hydrogen-bond acceptors (Lipinski definition) is 3. The topological polar surface area (TPSA) is 32.7 Å². The lowest BCUT2D eigenvalue weighted by molar-refractivity contribution is 0.0930. The Labute approximate surface area is 117 Å². The maximum atomic E-state index is 10.1.